The third kappa shape index (κ3) is 4.84. The van der Waals surface area contributed by atoms with Gasteiger partial charge in [-0.1, -0.05) is 41.7 Å². The number of fused-ring (bicyclic) bond motifs is 1. The van der Waals surface area contributed by atoms with Crippen LogP contribution in [0.4, 0.5) is 0 Å². The fourth-order valence-electron chi connectivity index (χ4n) is 5.11. The molecule has 2 aliphatic heterocycles. The Balaban J connectivity index is 1.20. The van der Waals surface area contributed by atoms with Gasteiger partial charge >= 0.3 is 0 Å². The zero-order valence-electron chi connectivity index (χ0n) is 19.1. The van der Waals surface area contributed by atoms with E-state index in [9.17, 15) is 4.79 Å². The average Bonchev–Trinajstić information content (AvgIpc) is 3.37. The maximum absolute atomic E-state index is 13.6. The zero-order chi connectivity index (χ0) is 22.6. The number of thiazole rings is 1. The maximum atomic E-state index is 13.6. The summed E-state index contributed by atoms with van der Waals surface area (Å²) in [6.45, 7) is 6.17. The molecular formula is C26H31N3O3S. The number of carbonyl (C=O) groups excluding carboxylic acids is 1. The summed E-state index contributed by atoms with van der Waals surface area (Å²) >= 11 is 1.56. The molecule has 0 saturated carbocycles. The summed E-state index contributed by atoms with van der Waals surface area (Å²) in [5.74, 6) is 0.773. The summed E-state index contributed by atoms with van der Waals surface area (Å²) in [6.07, 6.45) is 6.15. The van der Waals surface area contributed by atoms with Crippen LogP contribution in [-0.2, 0) is 0 Å². The van der Waals surface area contributed by atoms with E-state index in [0.29, 0.717) is 24.0 Å². The molecular weight excluding hydrogens is 434 g/mol. The Morgan fingerprint density at radius 2 is 1.85 bits per heavy atom. The average molecular weight is 466 g/mol. The standard InChI is InChI=1S/C26H31N3O3S/c1-2-31-23-8-7-19-5-3-4-6-22(19)24(23)25(30)29-14-9-20(10-15-29)28-16-11-21(12-17-28)32-26-27-13-18-33-26/h3-8,13,18,20-21H,2,9-12,14-17H2,1H3. The molecule has 0 spiro atoms. The quantitative estimate of drug-likeness (QED) is 0.521. The normalized spacial score (nSPS) is 18.5. The van der Waals surface area contributed by atoms with Gasteiger partial charge in [-0.15, -0.1) is 0 Å². The molecule has 0 radical (unpaired) electrons. The summed E-state index contributed by atoms with van der Waals surface area (Å²) in [4.78, 5) is 22.4. The third-order valence-corrected chi connectivity index (χ3v) is 7.49. The van der Waals surface area contributed by atoms with E-state index in [4.69, 9.17) is 9.47 Å². The monoisotopic (exact) mass is 465 g/mol. The highest BCUT2D eigenvalue weighted by Gasteiger charge is 2.32. The summed E-state index contributed by atoms with van der Waals surface area (Å²) < 4.78 is 11.9. The van der Waals surface area contributed by atoms with Crippen LogP contribution in [0.2, 0.25) is 0 Å². The number of ether oxygens (including phenoxy) is 2. The first kappa shape index (κ1) is 22.2. The molecule has 33 heavy (non-hydrogen) atoms. The molecule has 0 atom stereocenters. The van der Waals surface area contributed by atoms with Crippen molar-refractivity contribution in [3.63, 3.8) is 0 Å². The number of nitrogens with zero attached hydrogens (tertiary/aromatic N) is 3. The van der Waals surface area contributed by atoms with Gasteiger partial charge in [0.25, 0.3) is 11.1 Å². The number of rotatable bonds is 6. The smallest absolute Gasteiger partial charge is 0.273 e. The van der Waals surface area contributed by atoms with Gasteiger partial charge in [-0.05, 0) is 49.4 Å². The van der Waals surface area contributed by atoms with Crippen LogP contribution >= 0.6 is 11.3 Å². The SMILES string of the molecule is CCOc1ccc2ccccc2c1C(=O)N1CCC(N2CCC(Oc3nccs3)CC2)CC1. The molecule has 3 aromatic rings. The van der Waals surface area contributed by atoms with Crippen LogP contribution in [0.1, 0.15) is 43.0 Å². The fraction of sp³-hybridized carbons (Fsp3) is 0.462. The van der Waals surface area contributed by atoms with Crippen molar-refractivity contribution in [2.75, 3.05) is 32.8 Å². The minimum atomic E-state index is 0.0873. The largest absolute Gasteiger partial charge is 0.493 e. The van der Waals surface area contributed by atoms with Crippen LogP contribution in [0.5, 0.6) is 10.9 Å². The van der Waals surface area contributed by atoms with Crippen LogP contribution < -0.4 is 9.47 Å². The van der Waals surface area contributed by atoms with E-state index in [1.807, 2.05) is 47.5 Å². The lowest BCUT2D eigenvalue weighted by atomic mass is 9.97. The van der Waals surface area contributed by atoms with Crippen molar-refractivity contribution >= 4 is 28.0 Å². The van der Waals surface area contributed by atoms with Crippen LogP contribution in [0.15, 0.2) is 48.0 Å². The number of piperidine rings is 2. The second-order valence-electron chi connectivity index (χ2n) is 8.77. The summed E-state index contributed by atoms with van der Waals surface area (Å²) in [5.41, 5.74) is 0.702. The number of carbonyl (C=O) groups is 1. The van der Waals surface area contributed by atoms with Gasteiger partial charge in [-0.2, -0.15) is 0 Å². The minimum absolute atomic E-state index is 0.0873. The molecule has 0 bridgehead atoms. The molecule has 2 saturated heterocycles. The van der Waals surface area contributed by atoms with E-state index in [-0.39, 0.29) is 12.0 Å². The molecule has 7 heteroatoms. The first-order valence-electron chi connectivity index (χ1n) is 12.0. The van der Waals surface area contributed by atoms with E-state index in [1.54, 1.807) is 17.5 Å². The first-order chi connectivity index (χ1) is 16.2. The van der Waals surface area contributed by atoms with Gasteiger partial charge in [-0.3, -0.25) is 9.69 Å². The molecule has 2 fully saturated rings. The summed E-state index contributed by atoms with van der Waals surface area (Å²) in [6, 6.07) is 12.6. The lowest BCUT2D eigenvalue weighted by molar-refractivity contribution is 0.0424. The van der Waals surface area contributed by atoms with E-state index in [2.05, 4.69) is 16.0 Å². The van der Waals surface area contributed by atoms with E-state index < -0.39 is 0 Å². The molecule has 0 unspecified atom stereocenters. The van der Waals surface area contributed by atoms with Crippen molar-refractivity contribution in [2.45, 2.75) is 44.8 Å². The van der Waals surface area contributed by atoms with Crippen molar-refractivity contribution in [3.8, 4) is 10.9 Å². The molecule has 0 N–H and O–H groups in total. The number of hydrogen-bond donors (Lipinski definition) is 0. The highest BCUT2D eigenvalue weighted by Crippen LogP contribution is 2.31. The maximum Gasteiger partial charge on any atom is 0.273 e. The molecule has 6 nitrogen and oxygen atoms in total. The summed E-state index contributed by atoms with van der Waals surface area (Å²) in [7, 11) is 0. The van der Waals surface area contributed by atoms with E-state index in [1.165, 1.54) is 0 Å². The number of aromatic nitrogens is 1. The van der Waals surface area contributed by atoms with E-state index in [0.717, 1.165) is 67.8 Å². The second kappa shape index (κ2) is 10.1. The number of hydrogen-bond acceptors (Lipinski definition) is 6. The van der Waals surface area contributed by atoms with Crippen molar-refractivity contribution in [2.24, 2.45) is 0 Å². The fourth-order valence-corrected chi connectivity index (χ4v) is 5.66. The van der Waals surface area contributed by atoms with Gasteiger partial charge < -0.3 is 14.4 Å². The molecule has 3 heterocycles. The van der Waals surface area contributed by atoms with Crippen LogP contribution in [0.3, 0.4) is 0 Å². The predicted octanol–water partition coefficient (Wildman–Crippen LogP) is 4.84. The van der Waals surface area contributed by atoms with Gasteiger partial charge in [0.2, 0.25) is 0 Å². The molecule has 1 amide bonds. The van der Waals surface area contributed by atoms with Crippen molar-refractivity contribution in [1.82, 2.24) is 14.8 Å². The van der Waals surface area contributed by atoms with Gasteiger partial charge in [0, 0.05) is 43.8 Å². The molecule has 5 rings (SSSR count). The van der Waals surface area contributed by atoms with Gasteiger partial charge in [0.1, 0.15) is 11.9 Å². The Hall–Kier alpha value is -2.64. The van der Waals surface area contributed by atoms with Crippen LogP contribution in [0, 0.1) is 0 Å². The Labute approximate surface area is 199 Å². The lowest BCUT2D eigenvalue weighted by Crippen LogP contribution is -2.50. The Morgan fingerprint density at radius 3 is 2.58 bits per heavy atom. The van der Waals surface area contributed by atoms with Crippen molar-refractivity contribution in [1.29, 1.82) is 0 Å². The topological polar surface area (TPSA) is 54.9 Å². The molecule has 2 aromatic carbocycles. The number of likely N-dealkylation sites (tertiary alicyclic amines) is 2. The van der Waals surface area contributed by atoms with Gasteiger partial charge in [0.05, 0.1) is 12.2 Å². The second-order valence-corrected chi connectivity index (χ2v) is 9.62. The van der Waals surface area contributed by atoms with Crippen LogP contribution in [-0.4, -0.2) is 65.6 Å². The molecule has 174 valence electrons. The lowest BCUT2D eigenvalue weighted by Gasteiger charge is -2.41. The number of benzene rings is 2. The van der Waals surface area contributed by atoms with Crippen LogP contribution in [0.25, 0.3) is 10.8 Å². The highest BCUT2D eigenvalue weighted by molar-refractivity contribution is 7.11. The van der Waals surface area contributed by atoms with Gasteiger partial charge in [-0.25, -0.2) is 4.98 Å². The van der Waals surface area contributed by atoms with Crippen molar-refractivity contribution in [3.05, 3.63) is 53.5 Å². The predicted molar refractivity (Wildman–Crippen MR) is 131 cm³/mol. The Kier molecular flexibility index (Phi) is 6.78. The Morgan fingerprint density at radius 1 is 1.06 bits per heavy atom. The molecule has 0 aliphatic carbocycles. The third-order valence-electron chi connectivity index (χ3n) is 6.83. The zero-order valence-corrected chi connectivity index (χ0v) is 19.9. The summed E-state index contributed by atoms with van der Waals surface area (Å²) in [5, 5.41) is 4.77. The van der Waals surface area contributed by atoms with Gasteiger partial charge in [0.15, 0.2) is 0 Å². The highest BCUT2D eigenvalue weighted by atomic mass is 32.1. The Bertz CT molecular complexity index is 1070. The van der Waals surface area contributed by atoms with Crippen molar-refractivity contribution < 1.29 is 14.3 Å². The number of amides is 1. The molecule has 1 aromatic heterocycles. The van der Waals surface area contributed by atoms with E-state index >= 15 is 0 Å². The molecule has 2 aliphatic rings. The minimum Gasteiger partial charge on any atom is -0.493 e. The first-order valence-corrected chi connectivity index (χ1v) is 12.8.